The van der Waals surface area contributed by atoms with E-state index in [1.165, 1.54) is 16.2 Å². The molecule has 1 aromatic carbocycles. The van der Waals surface area contributed by atoms with E-state index in [0.29, 0.717) is 12.0 Å². The fraction of sp³-hybridized carbons (Fsp3) is 0.520. The van der Waals surface area contributed by atoms with Gasteiger partial charge in [-0.25, -0.2) is 9.37 Å². The molecule has 0 aliphatic carbocycles. The number of amides is 2. The molecule has 4 rings (SSSR count). The van der Waals surface area contributed by atoms with Crippen molar-refractivity contribution in [2.75, 3.05) is 18.5 Å². The molecule has 2 aliphatic heterocycles. The molecule has 2 saturated heterocycles. The molecule has 0 radical (unpaired) electrons. The summed E-state index contributed by atoms with van der Waals surface area (Å²) >= 11 is 1.49. The van der Waals surface area contributed by atoms with Crippen molar-refractivity contribution in [3.8, 4) is 11.3 Å². The zero-order chi connectivity index (χ0) is 25.3. The highest BCUT2D eigenvalue weighted by atomic mass is 32.1. The molecule has 0 unspecified atom stereocenters. The van der Waals surface area contributed by atoms with Crippen LogP contribution in [0.4, 0.5) is 9.52 Å². The molecule has 2 aromatic rings. The summed E-state index contributed by atoms with van der Waals surface area (Å²) in [5, 5.41) is 8.81. The van der Waals surface area contributed by atoms with Crippen LogP contribution in [0.1, 0.15) is 44.5 Å². The first-order valence-electron chi connectivity index (χ1n) is 11.9. The van der Waals surface area contributed by atoms with E-state index >= 15 is 0 Å². The van der Waals surface area contributed by atoms with E-state index in [1.807, 2.05) is 39.1 Å². The Kier molecular flexibility index (Phi) is 7.51. The van der Waals surface area contributed by atoms with Crippen molar-refractivity contribution in [2.45, 2.75) is 64.5 Å². The van der Waals surface area contributed by atoms with E-state index in [1.54, 1.807) is 18.2 Å². The smallest absolute Gasteiger partial charge is 0.251 e. The number of thiazole rings is 1. The largest absolute Gasteiger partial charge is 0.365 e. The molecule has 35 heavy (non-hydrogen) atoms. The molecule has 2 fully saturated rings. The molecule has 0 bridgehead atoms. The Morgan fingerprint density at radius 2 is 2.06 bits per heavy atom. The number of fused-ring (bicyclic) bond motifs is 1. The van der Waals surface area contributed by atoms with Gasteiger partial charge in [0.15, 0.2) is 10.9 Å². The van der Waals surface area contributed by atoms with Crippen LogP contribution in [-0.4, -0.2) is 71.0 Å². The van der Waals surface area contributed by atoms with Gasteiger partial charge in [0.2, 0.25) is 5.91 Å². The number of Topliss-reactive ketones (excluding diaryl/α,β-unsaturated/α-hetero) is 1. The summed E-state index contributed by atoms with van der Waals surface area (Å²) in [6.45, 7) is 7.54. The van der Waals surface area contributed by atoms with Gasteiger partial charge in [-0.2, -0.15) is 0 Å². The molecule has 4 atom stereocenters. The molecule has 188 valence electrons. The van der Waals surface area contributed by atoms with Gasteiger partial charge in [-0.1, -0.05) is 26.0 Å². The van der Waals surface area contributed by atoms with Gasteiger partial charge in [-0.15, -0.1) is 11.3 Å². The quantitative estimate of drug-likeness (QED) is 0.575. The Hall–Kier alpha value is -2.85. The third-order valence-electron chi connectivity index (χ3n) is 6.05. The molecule has 8 nitrogen and oxygen atoms in total. The minimum atomic E-state index is -1.42. The van der Waals surface area contributed by atoms with Crippen LogP contribution in [0.2, 0.25) is 0 Å². The molecule has 0 spiro atoms. The number of nitrogens with zero attached hydrogens (tertiary/aromatic N) is 2. The van der Waals surface area contributed by atoms with Crippen molar-refractivity contribution in [1.82, 2.24) is 15.2 Å². The van der Waals surface area contributed by atoms with Crippen LogP contribution in [-0.2, 0) is 14.3 Å². The summed E-state index contributed by atoms with van der Waals surface area (Å²) in [6, 6.07) is 5.50. The van der Waals surface area contributed by atoms with E-state index in [9.17, 15) is 18.8 Å². The fourth-order valence-corrected chi connectivity index (χ4v) is 5.36. The van der Waals surface area contributed by atoms with Gasteiger partial charge in [0.05, 0.1) is 12.2 Å². The third-order valence-corrected chi connectivity index (χ3v) is 6.83. The number of hydrogen-bond acceptors (Lipinski definition) is 7. The predicted molar refractivity (Wildman–Crippen MR) is 132 cm³/mol. The number of ether oxygens (including phenoxy) is 1. The van der Waals surface area contributed by atoms with Crippen molar-refractivity contribution in [2.24, 2.45) is 5.92 Å². The van der Waals surface area contributed by atoms with Crippen molar-refractivity contribution >= 4 is 34.1 Å². The number of carbonyl (C=O) groups is 3. The highest BCUT2D eigenvalue weighted by molar-refractivity contribution is 7.14. The molecule has 3 heterocycles. The minimum absolute atomic E-state index is 0.0903. The number of rotatable bonds is 8. The van der Waals surface area contributed by atoms with Crippen molar-refractivity contribution in [3.05, 3.63) is 35.2 Å². The van der Waals surface area contributed by atoms with Crippen molar-refractivity contribution in [3.63, 3.8) is 0 Å². The lowest BCUT2D eigenvalue weighted by Crippen LogP contribution is -2.52. The molecule has 2 aliphatic rings. The maximum absolute atomic E-state index is 14.4. The summed E-state index contributed by atoms with van der Waals surface area (Å²) in [5.74, 6) is -1.09. The van der Waals surface area contributed by atoms with Gasteiger partial charge in [-0.3, -0.25) is 14.4 Å². The summed E-state index contributed by atoms with van der Waals surface area (Å²) in [5.41, 5.74) is 1.92. The second-order valence-corrected chi connectivity index (χ2v) is 10.6. The van der Waals surface area contributed by atoms with E-state index in [2.05, 4.69) is 15.6 Å². The lowest BCUT2D eigenvalue weighted by molar-refractivity contribution is -0.138. The standard InChI is InChI=1S/C25H31FN4O4S/c1-13(2)8-18(24(33)30-10-17(26)22-21(30)20(31)11-34-22)28-23(32)16-7-5-6-15(9-16)19-12-35-25(29-19)27-14(3)4/h5-7,9,12-14,17-18,21-22H,8,10-11H2,1-4H3,(H,27,29)(H,28,32)/t17-,18-,21+,22+/m0/s1. The van der Waals surface area contributed by atoms with Gasteiger partial charge < -0.3 is 20.3 Å². The van der Waals surface area contributed by atoms with Gasteiger partial charge in [0.1, 0.15) is 31.0 Å². The molecular weight excluding hydrogens is 471 g/mol. The monoisotopic (exact) mass is 502 g/mol. The van der Waals surface area contributed by atoms with E-state index in [-0.39, 0.29) is 30.9 Å². The Balaban J connectivity index is 1.51. The Bertz CT molecular complexity index is 1100. The number of hydrogen-bond donors (Lipinski definition) is 2. The zero-order valence-corrected chi connectivity index (χ0v) is 21.1. The molecule has 10 heteroatoms. The van der Waals surface area contributed by atoms with Crippen LogP contribution in [0.3, 0.4) is 0 Å². The van der Waals surface area contributed by atoms with E-state index in [0.717, 1.165) is 16.4 Å². The maximum Gasteiger partial charge on any atom is 0.251 e. The summed E-state index contributed by atoms with van der Waals surface area (Å²) < 4.78 is 19.7. The summed E-state index contributed by atoms with van der Waals surface area (Å²) in [7, 11) is 0. The second-order valence-electron chi connectivity index (χ2n) is 9.77. The number of ketones is 1. The average molecular weight is 503 g/mol. The normalized spacial score (nSPS) is 22.5. The van der Waals surface area contributed by atoms with Crippen molar-refractivity contribution < 1.29 is 23.5 Å². The lowest BCUT2D eigenvalue weighted by atomic mass is 10.0. The number of benzene rings is 1. The molecule has 2 N–H and O–H groups in total. The Morgan fingerprint density at radius 3 is 2.77 bits per heavy atom. The molecule has 1 aromatic heterocycles. The number of aromatic nitrogens is 1. The van der Waals surface area contributed by atoms with Crippen molar-refractivity contribution in [1.29, 1.82) is 0 Å². The van der Waals surface area contributed by atoms with Crippen LogP contribution >= 0.6 is 11.3 Å². The first-order chi connectivity index (χ1) is 16.6. The van der Waals surface area contributed by atoms with Crippen LogP contribution < -0.4 is 10.6 Å². The number of carbonyl (C=O) groups excluding carboxylic acids is 3. The lowest BCUT2D eigenvalue weighted by Gasteiger charge is -2.28. The highest BCUT2D eigenvalue weighted by Crippen LogP contribution is 2.31. The van der Waals surface area contributed by atoms with Gasteiger partial charge in [0, 0.05) is 22.5 Å². The first kappa shape index (κ1) is 25.2. The summed E-state index contributed by atoms with van der Waals surface area (Å²) in [4.78, 5) is 44.6. The van der Waals surface area contributed by atoms with Crippen LogP contribution in [0.25, 0.3) is 11.3 Å². The number of nitrogens with one attached hydrogen (secondary N) is 2. The number of likely N-dealkylation sites (tertiary alicyclic amines) is 1. The Labute approximate surface area is 208 Å². The highest BCUT2D eigenvalue weighted by Gasteiger charge is 2.53. The fourth-order valence-electron chi connectivity index (χ4n) is 4.50. The topological polar surface area (TPSA) is 101 Å². The average Bonchev–Trinajstić information content (AvgIpc) is 3.50. The van der Waals surface area contributed by atoms with Gasteiger partial charge in [-0.05, 0) is 38.3 Å². The van der Waals surface area contributed by atoms with E-state index in [4.69, 9.17) is 4.74 Å². The summed E-state index contributed by atoms with van der Waals surface area (Å²) in [6.07, 6.45) is -1.98. The zero-order valence-electron chi connectivity index (χ0n) is 20.3. The predicted octanol–water partition coefficient (Wildman–Crippen LogP) is 3.29. The second kappa shape index (κ2) is 10.4. The molecule has 0 saturated carbocycles. The van der Waals surface area contributed by atoms with E-state index < -0.39 is 36.2 Å². The number of halogens is 1. The third kappa shape index (κ3) is 5.54. The first-order valence-corrected chi connectivity index (χ1v) is 12.7. The van der Waals surface area contributed by atoms with Crippen LogP contribution in [0.15, 0.2) is 29.6 Å². The number of alkyl halides is 1. The van der Waals surface area contributed by atoms with Gasteiger partial charge >= 0.3 is 0 Å². The maximum atomic E-state index is 14.4. The SMILES string of the molecule is CC(C)C[C@H](NC(=O)c1cccc(-c2csc(NC(C)C)n2)c1)C(=O)N1C[C@H](F)[C@H]2OCC(=O)[C@H]21. The minimum Gasteiger partial charge on any atom is -0.365 e. The number of anilines is 1. The molecule has 2 amide bonds. The van der Waals surface area contributed by atoms with Gasteiger partial charge in [0.25, 0.3) is 5.91 Å². The Morgan fingerprint density at radius 1 is 1.29 bits per heavy atom. The van der Waals surface area contributed by atoms with Crippen LogP contribution in [0.5, 0.6) is 0 Å². The van der Waals surface area contributed by atoms with Crippen LogP contribution in [0, 0.1) is 5.92 Å². The molecular formula is C25H31FN4O4S.